The summed E-state index contributed by atoms with van der Waals surface area (Å²) in [4.78, 5) is 30.3. The molecule has 2 amide bonds. The van der Waals surface area contributed by atoms with Crippen molar-refractivity contribution in [3.8, 4) is 0 Å². The third-order valence-electron chi connectivity index (χ3n) is 4.45. The van der Waals surface area contributed by atoms with Crippen LogP contribution in [0.2, 0.25) is 4.34 Å². The number of amides is 2. The van der Waals surface area contributed by atoms with Gasteiger partial charge in [-0.3, -0.25) is 9.59 Å². The van der Waals surface area contributed by atoms with Crippen molar-refractivity contribution in [2.45, 2.75) is 38.8 Å². The van der Waals surface area contributed by atoms with Crippen molar-refractivity contribution in [3.05, 3.63) is 45.5 Å². The van der Waals surface area contributed by atoms with Gasteiger partial charge in [0.15, 0.2) is 5.76 Å². The second-order valence-corrected chi connectivity index (χ2v) is 7.85. The Morgan fingerprint density at radius 3 is 2.84 bits per heavy atom. The highest BCUT2D eigenvalue weighted by Gasteiger charge is 2.35. The molecule has 1 aliphatic rings. The Bertz CT molecular complexity index is 729. The quantitative estimate of drug-likeness (QED) is 0.786. The molecular formula is C18H21ClN2O3S. The minimum Gasteiger partial charge on any atom is -0.459 e. The smallest absolute Gasteiger partial charge is 0.290 e. The van der Waals surface area contributed by atoms with Gasteiger partial charge in [0.2, 0.25) is 5.91 Å². The number of furan rings is 1. The van der Waals surface area contributed by atoms with Crippen LogP contribution in [0.15, 0.2) is 34.9 Å². The summed E-state index contributed by atoms with van der Waals surface area (Å²) in [6, 6.07) is 6.68. The molecule has 0 spiro atoms. The largest absolute Gasteiger partial charge is 0.459 e. The lowest BCUT2D eigenvalue weighted by atomic mass is 10.00. The van der Waals surface area contributed by atoms with Crippen LogP contribution in [-0.4, -0.2) is 40.7 Å². The summed E-state index contributed by atoms with van der Waals surface area (Å²) in [5.74, 6) is 0.0673. The monoisotopic (exact) mass is 380 g/mol. The fourth-order valence-electron chi connectivity index (χ4n) is 3.15. The number of carbonyl (C=O) groups excluding carboxylic acids is 2. The molecule has 0 saturated carbocycles. The highest BCUT2D eigenvalue weighted by atomic mass is 35.5. The number of piperidine rings is 1. The zero-order valence-corrected chi connectivity index (χ0v) is 15.7. The number of hydrogen-bond donors (Lipinski definition) is 0. The van der Waals surface area contributed by atoms with Crippen molar-refractivity contribution in [1.82, 2.24) is 9.80 Å². The Hall–Kier alpha value is -1.79. The van der Waals surface area contributed by atoms with Crippen LogP contribution in [-0.2, 0) is 11.3 Å². The van der Waals surface area contributed by atoms with E-state index in [4.69, 9.17) is 16.0 Å². The normalized spacial score (nSPS) is 17.5. The van der Waals surface area contributed by atoms with Gasteiger partial charge in [-0.1, -0.05) is 11.6 Å². The number of thiophene rings is 1. The predicted molar refractivity (Wildman–Crippen MR) is 97.8 cm³/mol. The second kappa shape index (κ2) is 8.06. The van der Waals surface area contributed by atoms with Crippen molar-refractivity contribution in [2.24, 2.45) is 0 Å². The van der Waals surface area contributed by atoms with Gasteiger partial charge in [-0.25, -0.2) is 0 Å². The van der Waals surface area contributed by atoms with Gasteiger partial charge in [-0.05, 0) is 50.5 Å². The Kier molecular flexibility index (Phi) is 5.81. The Balaban J connectivity index is 1.75. The van der Waals surface area contributed by atoms with Crippen molar-refractivity contribution in [3.63, 3.8) is 0 Å². The number of likely N-dealkylation sites (tertiary alicyclic amines) is 1. The topological polar surface area (TPSA) is 53.8 Å². The molecule has 1 atom stereocenters. The minimum atomic E-state index is -0.429. The summed E-state index contributed by atoms with van der Waals surface area (Å²) in [6.45, 7) is 3.65. The van der Waals surface area contributed by atoms with E-state index in [0.29, 0.717) is 30.4 Å². The van der Waals surface area contributed by atoms with Crippen molar-refractivity contribution >= 4 is 34.8 Å². The fraction of sp³-hybridized carbons (Fsp3) is 0.444. The first-order valence-electron chi connectivity index (χ1n) is 8.47. The molecule has 134 valence electrons. The minimum absolute atomic E-state index is 0.00775. The molecule has 0 aliphatic carbocycles. The van der Waals surface area contributed by atoms with E-state index in [9.17, 15) is 9.59 Å². The zero-order valence-electron chi connectivity index (χ0n) is 14.1. The average Bonchev–Trinajstić information content (AvgIpc) is 3.30. The maximum Gasteiger partial charge on any atom is 0.290 e. The molecule has 3 rings (SSSR count). The molecular weight excluding hydrogens is 360 g/mol. The van der Waals surface area contributed by atoms with E-state index < -0.39 is 6.04 Å². The third-order valence-corrected chi connectivity index (χ3v) is 5.67. The molecule has 0 N–H and O–H groups in total. The number of carbonyl (C=O) groups is 2. The summed E-state index contributed by atoms with van der Waals surface area (Å²) >= 11 is 7.47. The van der Waals surface area contributed by atoms with E-state index in [0.717, 1.165) is 17.7 Å². The van der Waals surface area contributed by atoms with Crippen LogP contribution in [0.4, 0.5) is 0 Å². The molecule has 2 aromatic rings. The number of hydrogen-bond acceptors (Lipinski definition) is 4. The molecule has 0 radical (unpaired) electrons. The van der Waals surface area contributed by atoms with Crippen molar-refractivity contribution in [1.29, 1.82) is 0 Å². The van der Waals surface area contributed by atoms with Crippen LogP contribution in [0.25, 0.3) is 0 Å². The van der Waals surface area contributed by atoms with Crippen LogP contribution in [0.5, 0.6) is 0 Å². The lowest BCUT2D eigenvalue weighted by Crippen LogP contribution is -2.52. The van der Waals surface area contributed by atoms with Crippen molar-refractivity contribution < 1.29 is 14.0 Å². The highest BCUT2D eigenvalue weighted by Crippen LogP contribution is 2.25. The molecule has 1 fully saturated rings. The van der Waals surface area contributed by atoms with E-state index in [1.165, 1.54) is 17.6 Å². The zero-order chi connectivity index (χ0) is 17.8. The van der Waals surface area contributed by atoms with E-state index >= 15 is 0 Å². The van der Waals surface area contributed by atoms with Gasteiger partial charge in [-0.15, -0.1) is 11.3 Å². The maximum absolute atomic E-state index is 13.1. The van der Waals surface area contributed by atoms with Crippen LogP contribution in [0.1, 0.15) is 41.6 Å². The van der Waals surface area contributed by atoms with Gasteiger partial charge in [0.1, 0.15) is 6.04 Å². The van der Waals surface area contributed by atoms with Gasteiger partial charge < -0.3 is 14.2 Å². The van der Waals surface area contributed by atoms with Gasteiger partial charge >= 0.3 is 0 Å². The SMILES string of the molecule is CCN(Cc1ccc(Cl)s1)C(=O)C1CCCCN1C(=O)c1ccco1. The van der Waals surface area contributed by atoms with Gasteiger partial charge in [0.05, 0.1) is 17.1 Å². The van der Waals surface area contributed by atoms with Crippen LogP contribution in [0.3, 0.4) is 0 Å². The Morgan fingerprint density at radius 2 is 2.20 bits per heavy atom. The first-order chi connectivity index (χ1) is 12.1. The van der Waals surface area contributed by atoms with Gasteiger partial charge in [0, 0.05) is 18.0 Å². The summed E-state index contributed by atoms with van der Waals surface area (Å²) in [7, 11) is 0. The van der Waals surface area contributed by atoms with Crippen LogP contribution >= 0.6 is 22.9 Å². The summed E-state index contributed by atoms with van der Waals surface area (Å²) in [5.41, 5.74) is 0. The third kappa shape index (κ3) is 4.07. The number of rotatable bonds is 5. The Labute approximate surface area is 156 Å². The maximum atomic E-state index is 13.1. The van der Waals surface area contributed by atoms with E-state index in [2.05, 4.69) is 0 Å². The lowest BCUT2D eigenvalue weighted by Gasteiger charge is -2.37. The average molecular weight is 381 g/mol. The molecule has 1 unspecified atom stereocenters. The highest BCUT2D eigenvalue weighted by molar-refractivity contribution is 7.16. The first kappa shape index (κ1) is 18.0. The molecule has 1 saturated heterocycles. The molecule has 25 heavy (non-hydrogen) atoms. The summed E-state index contributed by atoms with van der Waals surface area (Å²) in [6.07, 6.45) is 4.02. The summed E-state index contributed by atoms with van der Waals surface area (Å²) in [5, 5.41) is 0. The van der Waals surface area contributed by atoms with E-state index in [1.54, 1.807) is 21.9 Å². The molecule has 2 aromatic heterocycles. The molecule has 0 aromatic carbocycles. The van der Waals surface area contributed by atoms with E-state index in [1.807, 2.05) is 19.1 Å². The van der Waals surface area contributed by atoms with Gasteiger partial charge in [0.25, 0.3) is 5.91 Å². The molecule has 1 aliphatic heterocycles. The second-order valence-electron chi connectivity index (χ2n) is 6.05. The first-order valence-corrected chi connectivity index (χ1v) is 9.67. The Morgan fingerprint density at radius 1 is 1.36 bits per heavy atom. The molecule has 7 heteroatoms. The predicted octanol–water partition coefficient (Wildman–Crippen LogP) is 4.04. The van der Waals surface area contributed by atoms with E-state index in [-0.39, 0.29) is 17.6 Å². The molecule has 5 nitrogen and oxygen atoms in total. The molecule has 0 bridgehead atoms. The lowest BCUT2D eigenvalue weighted by molar-refractivity contribution is -0.137. The van der Waals surface area contributed by atoms with Crippen LogP contribution < -0.4 is 0 Å². The number of nitrogens with zero attached hydrogens (tertiary/aromatic N) is 2. The molecule has 3 heterocycles. The standard InChI is InChI=1S/C18H21ClN2O3S/c1-2-20(12-13-8-9-16(19)25-13)17(22)14-6-3-4-10-21(14)18(23)15-7-5-11-24-15/h5,7-9,11,14H,2-4,6,10,12H2,1H3. The van der Waals surface area contributed by atoms with Crippen molar-refractivity contribution in [2.75, 3.05) is 13.1 Å². The number of halogens is 1. The van der Waals surface area contributed by atoms with Crippen LogP contribution in [0, 0.1) is 0 Å². The summed E-state index contributed by atoms with van der Waals surface area (Å²) < 4.78 is 5.95. The van der Waals surface area contributed by atoms with Gasteiger partial charge in [-0.2, -0.15) is 0 Å². The fourth-order valence-corrected chi connectivity index (χ4v) is 4.26. The number of likely N-dealkylation sites (N-methyl/N-ethyl adjacent to an activating group) is 1.